The van der Waals surface area contributed by atoms with E-state index in [0.717, 1.165) is 0 Å². The predicted molar refractivity (Wildman–Crippen MR) is 72.1 cm³/mol. The molecule has 0 aliphatic heterocycles. The summed E-state index contributed by atoms with van der Waals surface area (Å²) in [6.07, 6.45) is 0. The van der Waals surface area contributed by atoms with Crippen molar-refractivity contribution >= 4 is 17.9 Å². The van der Waals surface area contributed by atoms with Crippen molar-refractivity contribution in [3.8, 4) is 22.6 Å². The molecule has 0 heterocycles. The molecule has 4 heteroatoms. The molecule has 0 N–H and O–H groups in total. The van der Waals surface area contributed by atoms with Gasteiger partial charge in [-0.05, 0) is 20.8 Å². The van der Waals surface area contributed by atoms with Gasteiger partial charge in [0.2, 0.25) is 9.84 Å². The summed E-state index contributed by atoms with van der Waals surface area (Å²) >= 11 is 0. The van der Waals surface area contributed by atoms with E-state index >= 15 is 0 Å². The number of hydrogen-bond donors (Lipinski definition) is 0. The van der Waals surface area contributed by atoms with Crippen LogP contribution in [0.5, 0.6) is 0 Å². The van der Waals surface area contributed by atoms with Gasteiger partial charge in [0.05, 0.1) is 0 Å². The molecule has 16 heavy (non-hydrogen) atoms. The molecule has 90 valence electrons. The van der Waals surface area contributed by atoms with Crippen molar-refractivity contribution in [1.82, 2.24) is 0 Å². The van der Waals surface area contributed by atoms with Gasteiger partial charge < -0.3 is 0 Å². The fraction of sp³-hybridized carbons (Fsp3) is 0.667. The van der Waals surface area contributed by atoms with Crippen LogP contribution in [0.2, 0.25) is 19.6 Å². The topological polar surface area (TPSA) is 34.1 Å². The summed E-state index contributed by atoms with van der Waals surface area (Å²) in [5, 5.41) is 2.32. The number of rotatable bonds is 1. The largest absolute Gasteiger partial charge is 0.227 e. The zero-order valence-electron chi connectivity index (χ0n) is 10.9. The van der Waals surface area contributed by atoms with Crippen molar-refractivity contribution < 1.29 is 8.42 Å². The van der Waals surface area contributed by atoms with E-state index in [0.29, 0.717) is 0 Å². The molecule has 0 aliphatic rings. The molecule has 0 aliphatic carbocycles. The second-order valence-electron chi connectivity index (χ2n) is 5.79. The summed E-state index contributed by atoms with van der Waals surface area (Å²) in [6, 6.07) is 0. The first-order chi connectivity index (χ1) is 6.91. The third kappa shape index (κ3) is 9.83. The van der Waals surface area contributed by atoms with E-state index in [1.165, 1.54) is 0 Å². The van der Waals surface area contributed by atoms with Gasteiger partial charge in [0, 0.05) is 10.7 Å². The molecule has 0 fully saturated rings. The maximum atomic E-state index is 11.5. The van der Waals surface area contributed by atoms with Crippen LogP contribution in [0.15, 0.2) is 0 Å². The Morgan fingerprint density at radius 1 is 1.12 bits per heavy atom. The van der Waals surface area contributed by atoms with Crippen molar-refractivity contribution in [2.24, 2.45) is 5.41 Å². The maximum absolute atomic E-state index is 11.5. The van der Waals surface area contributed by atoms with Gasteiger partial charge in [-0.25, -0.2) is 8.42 Å². The van der Waals surface area contributed by atoms with Gasteiger partial charge >= 0.3 is 0 Å². The molecule has 0 bridgehead atoms. The van der Waals surface area contributed by atoms with E-state index in [2.05, 4.69) is 42.3 Å². The molecule has 0 aromatic rings. The quantitative estimate of drug-likeness (QED) is 0.410. The lowest BCUT2D eigenvalue weighted by Crippen LogP contribution is -2.17. The Balaban J connectivity index is 4.72. The van der Waals surface area contributed by atoms with Gasteiger partial charge in [-0.15, -0.1) is 5.54 Å². The molecule has 0 saturated heterocycles. The van der Waals surface area contributed by atoms with E-state index < -0.39 is 17.9 Å². The summed E-state index contributed by atoms with van der Waals surface area (Å²) in [5.74, 6) is 5.29. The van der Waals surface area contributed by atoms with Crippen LogP contribution < -0.4 is 0 Å². The van der Waals surface area contributed by atoms with Gasteiger partial charge in [-0.2, -0.15) is 0 Å². The zero-order chi connectivity index (χ0) is 13.0. The Kier molecular flexibility index (Phi) is 4.85. The van der Waals surface area contributed by atoms with Crippen molar-refractivity contribution in [3.63, 3.8) is 0 Å². The fourth-order valence-corrected chi connectivity index (χ4v) is 2.21. The van der Waals surface area contributed by atoms with Crippen LogP contribution in [0.25, 0.3) is 0 Å². The molecular formula is C12H20O2SSi. The van der Waals surface area contributed by atoms with E-state index in [1.54, 1.807) is 0 Å². The molecular weight excluding hydrogens is 236 g/mol. The lowest BCUT2D eigenvalue weighted by atomic mass is 9.99. The normalized spacial score (nSPS) is 12.1. The Labute approximate surface area is 101 Å². The van der Waals surface area contributed by atoms with Gasteiger partial charge in [0.15, 0.2) is 0 Å². The molecule has 0 amide bonds. The van der Waals surface area contributed by atoms with Crippen molar-refractivity contribution in [3.05, 3.63) is 0 Å². The monoisotopic (exact) mass is 256 g/mol. The van der Waals surface area contributed by atoms with Crippen molar-refractivity contribution in [2.45, 2.75) is 40.4 Å². The highest BCUT2D eigenvalue weighted by molar-refractivity contribution is 7.96. The summed E-state index contributed by atoms with van der Waals surface area (Å²) in [6.45, 7) is 11.9. The highest BCUT2D eigenvalue weighted by Crippen LogP contribution is 2.10. The SMILES string of the molecule is CC(C)(C)C#CS(=O)(=O)CC#C[Si](C)(C)C. The molecule has 0 spiro atoms. The van der Waals surface area contributed by atoms with Gasteiger partial charge in [-0.3, -0.25) is 0 Å². The molecule has 0 unspecified atom stereocenters. The van der Waals surface area contributed by atoms with E-state index in [-0.39, 0.29) is 11.2 Å². The molecule has 2 nitrogen and oxygen atoms in total. The molecule has 0 aromatic carbocycles. The minimum absolute atomic E-state index is 0.152. The third-order valence-electron chi connectivity index (χ3n) is 1.31. The molecule has 0 aromatic heterocycles. The Bertz CT molecular complexity index is 454. The first kappa shape index (κ1) is 15.3. The minimum atomic E-state index is -3.35. The highest BCUT2D eigenvalue weighted by Gasteiger charge is 2.10. The first-order valence-electron chi connectivity index (χ1n) is 5.18. The minimum Gasteiger partial charge on any atom is -0.214 e. The van der Waals surface area contributed by atoms with Crippen LogP contribution in [0, 0.1) is 28.1 Å². The summed E-state index contributed by atoms with van der Waals surface area (Å²) in [7, 11) is -4.84. The molecule has 0 rings (SSSR count). The van der Waals surface area contributed by atoms with E-state index in [4.69, 9.17) is 0 Å². The smallest absolute Gasteiger partial charge is 0.214 e. The molecule has 0 saturated carbocycles. The van der Waals surface area contributed by atoms with Crippen LogP contribution in [-0.2, 0) is 9.84 Å². The summed E-state index contributed by atoms with van der Waals surface area (Å²) in [5.41, 5.74) is 2.72. The van der Waals surface area contributed by atoms with Crippen LogP contribution in [0.4, 0.5) is 0 Å². The zero-order valence-corrected chi connectivity index (χ0v) is 12.7. The lowest BCUT2D eigenvalue weighted by Gasteiger charge is -2.06. The van der Waals surface area contributed by atoms with Gasteiger partial charge in [0.25, 0.3) is 0 Å². The Morgan fingerprint density at radius 3 is 2.00 bits per heavy atom. The lowest BCUT2D eigenvalue weighted by molar-refractivity contribution is 0.570. The number of sulfone groups is 1. The van der Waals surface area contributed by atoms with E-state index in [9.17, 15) is 8.42 Å². The standard InChI is InChI=1S/C12H20O2SSi/c1-12(2,3)8-10-15(13,14)9-7-11-16(4,5)6/h9H2,1-6H3. The van der Waals surface area contributed by atoms with E-state index in [1.807, 2.05) is 20.8 Å². The van der Waals surface area contributed by atoms with Crippen LogP contribution in [-0.4, -0.2) is 22.2 Å². The summed E-state index contributed by atoms with van der Waals surface area (Å²) in [4.78, 5) is 0. The second-order valence-corrected chi connectivity index (χ2v) is 12.3. The fourth-order valence-electron chi connectivity index (χ4n) is 0.663. The highest BCUT2D eigenvalue weighted by atomic mass is 32.2. The van der Waals surface area contributed by atoms with Gasteiger partial charge in [-0.1, -0.05) is 31.5 Å². The number of hydrogen-bond acceptors (Lipinski definition) is 2. The Morgan fingerprint density at radius 2 is 1.62 bits per heavy atom. The molecule has 0 radical (unpaired) electrons. The second kappa shape index (κ2) is 5.08. The van der Waals surface area contributed by atoms with Crippen LogP contribution in [0.3, 0.4) is 0 Å². The first-order valence-corrected chi connectivity index (χ1v) is 10.3. The average Bonchev–Trinajstić information content (AvgIpc) is 1.97. The summed E-state index contributed by atoms with van der Waals surface area (Å²) < 4.78 is 23.0. The molecule has 0 atom stereocenters. The van der Waals surface area contributed by atoms with Gasteiger partial charge in [0.1, 0.15) is 13.8 Å². The average molecular weight is 256 g/mol. The van der Waals surface area contributed by atoms with Crippen LogP contribution in [0.1, 0.15) is 20.8 Å². The predicted octanol–water partition coefficient (Wildman–Crippen LogP) is 2.29. The van der Waals surface area contributed by atoms with Crippen molar-refractivity contribution in [1.29, 1.82) is 0 Å². The maximum Gasteiger partial charge on any atom is 0.227 e. The Hall–Kier alpha value is -0.713. The van der Waals surface area contributed by atoms with Crippen molar-refractivity contribution in [2.75, 3.05) is 5.75 Å². The van der Waals surface area contributed by atoms with Crippen LogP contribution >= 0.6 is 0 Å². The third-order valence-corrected chi connectivity index (χ3v) is 3.17.